The maximum Gasteiger partial charge on any atom is 0.306 e. The second kappa shape index (κ2) is 5.70. The monoisotopic (exact) mass is 460 g/mol. The summed E-state index contributed by atoms with van der Waals surface area (Å²) in [6.45, 7) is 4.55. The summed E-state index contributed by atoms with van der Waals surface area (Å²) in [5.41, 5.74) is 1.90. The van der Waals surface area contributed by atoms with Crippen LogP contribution in [-0.2, 0) is 28.6 Å². The molecule has 5 saturated carbocycles. The van der Waals surface area contributed by atoms with Crippen molar-refractivity contribution in [2.24, 2.45) is 46.3 Å². The van der Waals surface area contributed by atoms with Gasteiger partial charge in [-0.05, 0) is 67.1 Å². The predicted molar refractivity (Wildman–Crippen MR) is 115 cm³/mol. The van der Waals surface area contributed by atoms with E-state index in [0.717, 1.165) is 31.9 Å². The SMILES string of the molecule is C[C@]12CCC(=O)CC1=C1C[C@@H]1C1C2[C@H](OS(C)(=O)=O)C[C@@]2(C)C1[C@@H]1C[C@@H]1[C@@]21CCC(=O)O1. The molecule has 1 aliphatic heterocycles. The van der Waals surface area contributed by atoms with Crippen molar-refractivity contribution in [2.45, 2.75) is 76.9 Å². The van der Waals surface area contributed by atoms with Crippen molar-refractivity contribution in [1.82, 2.24) is 0 Å². The number of carbonyl (C=O) groups is 2. The lowest BCUT2D eigenvalue weighted by Crippen LogP contribution is -2.62. The minimum Gasteiger partial charge on any atom is -0.458 e. The summed E-state index contributed by atoms with van der Waals surface area (Å²) in [4.78, 5) is 24.7. The molecule has 6 nitrogen and oxygen atoms in total. The number of allylic oxidation sites excluding steroid dienone is 2. The van der Waals surface area contributed by atoms with Crippen molar-refractivity contribution in [3.63, 3.8) is 0 Å². The number of ketones is 1. The van der Waals surface area contributed by atoms with Gasteiger partial charge >= 0.3 is 5.97 Å². The van der Waals surface area contributed by atoms with Crippen LogP contribution in [0.15, 0.2) is 11.1 Å². The molecule has 6 aliphatic carbocycles. The Bertz CT molecular complexity index is 1110. The highest BCUT2D eigenvalue weighted by atomic mass is 32.2. The molecule has 174 valence electrons. The molecule has 0 radical (unpaired) electrons. The van der Waals surface area contributed by atoms with E-state index >= 15 is 0 Å². The zero-order chi connectivity index (χ0) is 22.4. The summed E-state index contributed by atoms with van der Waals surface area (Å²) in [7, 11) is -3.65. The van der Waals surface area contributed by atoms with Crippen LogP contribution in [0.5, 0.6) is 0 Å². The second-order valence-electron chi connectivity index (χ2n) is 12.4. The van der Waals surface area contributed by atoms with Crippen molar-refractivity contribution in [2.75, 3.05) is 6.26 Å². The van der Waals surface area contributed by atoms with Crippen molar-refractivity contribution >= 4 is 21.9 Å². The van der Waals surface area contributed by atoms with E-state index in [1.54, 1.807) is 0 Å². The van der Waals surface area contributed by atoms with Crippen LogP contribution in [0.3, 0.4) is 0 Å². The van der Waals surface area contributed by atoms with Gasteiger partial charge in [-0.25, -0.2) is 0 Å². The lowest BCUT2D eigenvalue weighted by Gasteiger charge is -2.61. The van der Waals surface area contributed by atoms with Gasteiger partial charge in [0, 0.05) is 30.6 Å². The van der Waals surface area contributed by atoms with E-state index in [4.69, 9.17) is 8.92 Å². The van der Waals surface area contributed by atoms with Gasteiger partial charge < -0.3 is 4.74 Å². The molecule has 0 amide bonds. The number of fused-ring (bicyclic) bond motifs is 11. The summed E-state index contributed by atoms with van der Waals surface area (Å²) in [6.07, 6.45) is 6.63. The van der Waals surface area contributed by atoms with E-state index in [9.17, 15) is 18.0 Å². The largest absolute Gasteiger partial charge is 0.458 e. The third kappa shape index (κ3) is 2.28. The fourth-order valence-electron chi connectivity index (χ4n) is 10.1. The van der Waals surface area contributed by atoms with Crippen LogP contribution < -0.4 is 0 Å². The molecule has 1 heterocycles. The fourth-order valence-corrected chi connectivity index (χ4v) is 10.7. The Hall–Kier alpha value is -1.21. The maximum atomic E-state index is 12.4. The Balaban J connectivity index is 1.39. The average Bonchev–Trinajstić information content (AvgIpc) is 3.58. The Morgan fingerprint density at radius 2 is 1.88 bits per heavy atom. The minimum absolute atomic E-state index is 0.100. The zero-order valence-electron chi connectivity index (χ0n) is 19.1. The predicted octanol–water partition coefficient (Wildman–Crippen LogP) is 3.40. The Kier molecular flexibility index (Phi) is 3.60. The molecule has 0 aromatic carbocycles. The fraction of sp³-hybridized carbons (Fsp3) is 0.840. The standard InChI is InChI=1S/C25H32O6S/c1-23-6-4-12(26)8-16(23)13-9-14(13)20-21-15-10-17(15)25(7-5-19(27)30-25)24(21,2)11-18(22(20)23)31-32(3,28)29/h14-15,17-18,20-22H,4-11H2,1-3H3/t14-,15+,17-,18+,20?,21?,22?,23-,24-,25-/m0/s1. The molecule has 7 heteroatoms. The van der Waals surface area contributed by atoms with Gasteiger partial charge in [-0.15, -0.1) is 0 Å². The van der Waals surface area contributed by atoms with Crippen LogP contribution in [0.2, 0.25) is 0 Å². The first-order chi connectivity index (χ1) is 15.0. The van der Waals surface area contributed by atoms with Gasteiger partial charge in [0.25, 0.3) is 10.1 Å². The van der Waals surface area contributed by atoms with Crippen molar-refractivity contribution in [3.8, 4) is 0 Å². The normalized spacial score (nSPS) is 55.0. The Morgan fingerprint density at radius 1 is 1.09 bits per heavy atom. The van der Waals surface area contributed by atoms with E-state index in [1.165, 1.54) is 11.1 Å². The number of Topliss-reactive ketones (excluding diaryl/α,β-unsaturated/α-hetero) is 1. The number of esters is 1. The van der Waals surface area contributed by atoms with Crippen LogP contribution in [0.4, 0.5) is 0 Å². The highest BCUT2D eigenvalue weighted by molar-refractivity contribution is 7.86. The van der Waals surface area contributed by atoms with Crippen LogP contribution >= 0.6 is 0 Å². The third-order valence-electron chi connectivity index (χ3n) is 11.1. The van der Waals surface area contributed by atoms with Crippen molar-refractivity contribution < 1.29 is 26.9 Å². The summed E-state index contributed by atoms with van der Waals surface area (Å²) in [5.74, 6) is 2.52. The first-order valence-electron chi connectivity index (χ1n) is 12.3. The smallest absolute Gasteiger partial charge is 0.306 e. The van der Waals surface area contributed by atoms with Crippen molar-refractivity contribution in [1.29, 1.82) is 0 Å². The average molecular weight is 461 g/mol. The first kappa shape index (κ1) is 20.2. The zero-order valence-corrected chi connectivity index (χ0v) is 19.9. The quantitative estimate of drug-likeness (QED) is 0.357. The summed E-state index contributed by atoms with van der Waals surface area (Å²) < 4.78 is 37.0. The van der Waals surface area contributed by atoms with E-state index < -0.39 is 21.8 Å². The molecule has 0 aromatic heterocycles. The molecule has 7 rings (SSSR count). The molecule has 0 bridgehead atoms. The molecular weight excluding hydrogens is 428 g/mol. The Labute approximate surface area is 189 Å². The Morgan fingerprint density at radius 3 is 2.56 bits per heavy atom. The highest BCUT2D eigenvalue weighted by Crippen LogP contribution is 2.81. The molecule has 3 unspecified atom stereocenters. The van der Waals surface area contributed by atoms with Gasteiger partial charge in [0.15, 0.2) is 0 Å². The molecule has 6 fully saturated rings. The molecule has 0 aromatic rings. The van der Waals surface area contributed by atoms with E-state index in [-0.39, 0.29) is 22.7 Å². The lowest BCUT2D eigenvalue weighted by atomic mass is 9.45. The van der Waals surface area contributed by atoms with Crippen LogP contribution in [0.1, 0.15) is 65.2 Å². The van der Waals surface area contributed by atoms with E-state index in [2.05, 4.69) is 13.8 Å². The first-order valence-corrected chi connectivity index (χ1v) is 14.1. The van der Waals surface area contributed by atoms with Crippen LogP contribution in [0.25, 0.3) is 0 Å². The molecular formula is C25H32O6S. The van der Waals surface area contributed by atoms with Gasteiger partial charge in [-0.2, -0.15) is 8.42 Å². The number of carbonyl (C=O) groups excluding carboxylic acids is 2. The highest BCUT2D eigenvalue weighted by Gasteiger charge is 2.82. The number of hydrogen-bond acceptors (Lipinski definition) is 6. The minimum atomic E-state index is -3.65. The number of rotatable bonds is 2. The van der Waals surface area contributed by atoms with E-state index in [0.29, 0.717) is 61.1 Å². The van der Waals surface area contributed by atoms with Crippen LogP contribution in [0, 0.1) is 46.3 Å². The third-order valence-corrected chi connectivity index (χ3v) is 11.7. The molecule has 0 N–H and O–H groups in total. The number of hydrogen-bond donors (Lipinski definition) is 0. The van der Waals surface area contributed by atoms with Gasteiger partial charge in [-0.3, -0.25) is 13.8 Å². The molecule has 1 spiro atoms. The summed E-state index contributed by atoms with van der Waals surface area (Å²) in [6, 6.07) is 0. The van der Waals surface area contributed by atoms with Gasteiger partial charge in [-0.1, -0.05) is 25.0 Å². The van der Waals surface area contributed by atoms with Crippen molar-refractivity contribution in [3.05, 3.63) is 11.1 Å². The van der Waals surface area contributed by atoms with Gasteiger partial charge in [0.2, 0.25) is 0 Å². The molecule has 10 atom stereocenters. The van der Waals surface area contributed by atoms with Gasteiger partial charge in [0.05, 0.1) is 12.4 Å². The van der Waals surface area contributed by atoms with E-state index in [1.807, 2.05) is 0 Å². The second-order valence-corrected chi connectivity index (χ2v) is 14.0. The summed E-state index contributed by atoms with van der Waals surface area (Å²) >= 11 is 0. The lowest BCUT2D eigenvalue weighted by molar-refractivity contribution is -0.191. The topological polar surface area (TPSA) is 86.7 Å². The maximum absolute atomic E-state index is 12.4. The van der Waals surface area contributed by atoms with Gasteiger partial charge in [0.1, 0.15) is 11.4 Å². The molecule has 32 heavy (non-hydrogen) atoms. The molecule has 7 aliphatic rings. The summed E-state index contributed by atoms with van der Waals surface area (Å²) in [5, 5.41) is 0. The van der Waals surface area contributed by atoms with Crippen LogP contribution in [-0.4, -0.2) is 38.1 Å². The number of ether oxygens (including phenoxy) is 1. The molecule has 1 saturated heterocycles.